The van der Waals surface area contributed by atoms with Gasteiger partial charge in [0.2, 0.25) is 0 Å². The molecule has 2 nitrogen and oxygen atoms in total. The summed E-state index contributed by atoms with van der Waals surface area (Å²) in [4.78, 5) is 0. The van der Waals surface area contributed by atoms with Crippen molar-refractivity contribution in [1.29, 1.82) is 0 Å². The quantitative estimate of drug-likeness (QED) is 0.604. The minimum Gasteiger partial charge on any atom is -0.400 e. The van der Waals surface area contributed by atoms with Crippen LogP contribution >= 0.6 is 0 Å². The first-order valence-corrected chi connectivity index (χ1v) is 3.56. The van der Waals surface area contributed by atoms with E-state index in [0.717, 1.165) is 13.7 Å². The zero-order valence-electron chi connectivity index (χ0n) is 6.56. The van der Waals surface area contributed by atoms with Crippen molar-refractivity contribution >= 4 is 0 Å². The highest BCUT2D eigenvalue weighted by Gasteiger charge is 1.80. The third kappa shape index (κ3) is 24.7. The lowest BCUT2D eigenvalue weighted by atomic mass is 10.2. The van der Waals surface area contributed by atoms with E-state index in [2.05, 4.69) is 6.92 Å². The number of hydrogen-bond donors (Lipinski definition) is 2. The summed E-state index contributed by atoms with van der Waals surface area (Å²) in [7, 11) is 1.00. The highest BCUT2D eigenvalue weighted by Crippen LogP contribution is 1.95. The van der Waals surface area contributed by atoms with Gasteiger partial charge in [-0.15, -0.1) is 0 Å². The van der Waals surface area contributed by atoms with E-state index in [-0.39, 0.29) is 8.85 Å². The first-order chi connectivity index (χ1) is 4.41. The van der Waals surface area contributed by atoms with Crippen LogP contribution in [0.2, 0.25) is 0 Å². The lowest BCUT2D eigenvalue weighted by molar-refractivity contribution is 0.399. The summed E-state index contributed by atoms with van der Waals surface area (Å²) in [6, 6.07) is 0. The van der Waals surface area contributed by atoms with Crippen LogP contribution in [0.5, 0.6) is 0 Å². The molecular formula is C8H25NO. The van der Waals surface area contributed by atoms with Crippen molar-refractivity contribution < 1.29 is 6.53 Å². The Kier molecular flexibility index (Phi) is 38.1. The summed E-state index contributed by atoms with van der Waals surface area (Å²) >= 11 is 0. The van der Waals surface area contributed by atoms with E-state index in [1.807, 2.05) is 0 Å². The number of hydrogen-bond acceptors (Lipinski definition) is 2. The topological polar surface area (TPSA) is 46.2 Å². The molecule has 0 aromatic carbocycles. The number of rotatable bonds is 4. The molecule has 0 heterocycles. The third-order valence-corrected chi connectivity index (χ3v) is 1.06. The lowest BCUT2D eigenvalue weighted by Crippen LogP contribution is -1.97. The first-order valence-electron chi connectivity index (χ1n) is 3.56. The van der Waals surface area contributed by atoms with Gasteiger partial charge in [-0.25, -0.2) is 0 Å². The molecule has 0 aliphatic heterocycles. The second kappa shape index (κ2) is 23.1. The fourth-order valence-corrected chi connectivity index (χ4v) is 0.571. The van der Waals surface area contributed by atoms with Crippen molar-refractivity contribution in [2.75, 3.05) is 13.7 Å². The fraction of sp³-hybridized carbons (Fsp3) is 1.00. The highest BCUT2D eigenvalue weighted by atomic mass is 16.2. The largest absolute Gasteiger partial charge is 0.400 e. The van der Waals surface area contributed by atoms with Gasteiger partial charge in [0.25, 0.3) is 0 Å². The van der Waals surface area contributed by atoms with E-state index in [0.29, 0.717) is 0 Å². The molecule has 2 heteroatoms. The van der Waals surface area contributed by atoms with Crippen LogP contribution in [0.3, 0.4) is 0 Å². The molecule has 0 atom stereocenters. The average molecular weight is 151 g/mol. The van der Waals surface area contributed by atoms with Crippen molar-refractivity contribution in [2.24, 2.45) is 5.73 Å². The molecule has 0 unspecified atom stereocenters. The van der Waals surface area contributed by atoms with Crippen LogP contribution in [0.15, 0.2) is 0 Å². The zero-order valence-corrected chi connectivity index (χ0v) is 6.56. The van der Waals surface area contributed by atoms with Crippen molar-refractivity contribution in [2.45, 2.75) is 40.0 Å². The molecular weight excluding hydrogens is 126 g/mol. The van der Waals surface area contributed by atoms with Crippen LogP contribution < -0.4 is 5.73 Å². The van der Waals surface area contributed by atoms with E-state index in [4.69, 9.17) is 10.8 Å². The van der Waals surface area contributed by atoms with Gasteiger partial charge in [0.1, 0.15) is 0 Å². The van der Waals surface area contributed by atoms with Gasteiger partial charge < -0.3 is 10.8 Å². The lowest BCUT2D eigenvalue weighted by Gasteiger charge is -1.90. The van der Waals surface area contributed by atoms with E-state index >= 15 is 0 Å². The van der Waals surface area contributed by atoms with E-state index in [1.165, 1.54) is 25.7 Å². The van der Waals surface area contributed by atoms with Crippen molar-refractivity contribution in [3.05, 3.63) is 0 Å². The molecule has 0 saturated carbocycles. The van der Waals surface area contributed by atoms with Gasteiger partial charge in [0.15, 0.2) is 0 Å². The molecule has 3 N–H and O–H groups in total. The van der Waals surface area contributed by atoms with Crippen LogP contribution in [0.1, 0.15) is 41.5 Å². The Morgan fingerprint density at radius 2 is 1.70 bits per heavy atom. The van der Waals surface area contributed by atoms with Crippen LogP contribution in [0, 0.1) is 0 Å². The molecule has 0 amide bonds. The fourth-order valence-electron chi connectivity index (χ4n) is 0.571. The molecule has 0 rings (SSSR count). The van der Waals surface area contributed by atoms with Gasteiger partial charge in [-0.05, 0) is 13.0 Å². The average Bonchev–Trinajstić information content (AvgIpc) is 1.94. The maximum absolute atomic E-state index is 7.00. The Morgan fingerprint density at radius 3 is 2.00 bits per heavy atom. The van der Waals surface area contributed by atoms with Gasteiger partial charge in [0, 0.05) is 8.54 Å². The second-order valence-corrected chi connectivity index (χ2v) is 1.85. The number of aliphatic hydroxyl groups is 1. The SMILES string of the molecule is C.CCCCCCN.CO.[HH]. The Balaban J connectivity index is -0.0000000564. The summed E-state index contributed by atoms with van der Waals surface area (Å²) in [5.74, 6) is 0. The van der Waals surface area contributed by atoms with Crippen molar-refractivity contribution in [1.82, 2.24) is 0 Å². The minimum atomic E-state index is 0. The molecule has 10 heavy (non-hydrogen) atoms. The maximum atomic E-state index is 7.00. The summed E-state index contributed by atoms with van der Waals surface area (Å²) in [5, 5.41) is 7.00. The minimum absolute atomic E-state index is 0. The summed E-state index contributed by atoms with van der Waals surface area (Å²) < 4.78 is 0. The molecule has 68 valence electrons. The smallest absolute Gasteiger partial charge is 0.0319 e. The normalized spacial score (nSPS) is 7.20. The molecule has 0 aliphatic carbocycles. The molecule has 0 aromatic heterocycles. The monoisotopic (exact) mass is 151 g/mol. The molecule has 0 aromatic rings. The molecule has 0 radical (unpaired) electrons. The van der Waals surface area contributed by atoms with E-state index < -0.39 is 0 Å². The standard InChI is InChI=1S/C6H15N.CH4O.CH4.H2/c1-2-3-4-5-6-7;1-2;;/h2-7H2,1H3;2H,1H3;1H4;1H. The summed E-state index contributed by atoms with van der Waals surface area (Å²) in [6.45, 7) is 3.07. The molecule has 0 spiro atoms. The molecule has 0 bridgehead atoms. The summed E-state index contributed by atoms with van der Waals surface area (Å²) in [6.07, 6.45) is 5.16. The molecule has 0 aliphatic rings. The van der Waals surface area contributed by atoms with Gasteiger partial charge in [-0.2, -0.15) is 0 Å². The van der Waals surface area contributed by atoms with Crippen LogP contribution in [-0.4, -0.2) is 18.8 Å². The van der Waals surface area contributed by atoms with Crippen LogP contribution in [0.4, 0.5) is 0 Å². The van der Waals surface area contributed by atoms with Crippen molar-refractivity contribution in [3.63, 3.8) is 0 Å². The Bertz CT molecular complexity index is 33.3. The summed E-state index contributed by atoms with van der Waals surface area (Å²) in [5.41, 5.74) is 5.27. The predicted molar refractivity (Wildman–Crippen MR) is 50.2 cm³/mol. The maximum Gasteiger partial charge on any atom is 0.0319 e. The van der Waals surface area contributed by atoms with Crippen LogP contribution in [0.25, 0.3) is 0 Å². The Morgan fingerprint density at radius 1 is 1.20 bits per heavy atom. The predicted octanol–water partition coefficient (Wildman–Crippen LogP) is 2.02. The van der Waals surface area contributed by atoms with Gasteiger partial charge in [-0.3, -0.25) is 0 Å². The van der Waals surface area contributed by atoms with E-state index in [1.54, 1.807) is 0 Å². The van der Waals surface area contributed by atoms with Gasteiger partial charge in [-0.1, -0.05) is 33.6 Å². The number of nitrogens with two attached hydrogens (primary N) is 1. The number of aliphatic hydroxyl groups excluding tert-OH is 1. The Labute approximate surface area is 66.9 Å². The second-order valence-electron chi connectivity index (χ2n) is 1.85. The molecule has 0 saturated heterocycles. The first kappa shape index (κ1) is 16.5. The number of unbranched alkanes of at least 4 members (excludes halogenated alkanes) is 3. The van der Waals surface area contributed by atoms with Gasteiger partial charge >= 0.3 is 0 Å². The third-order valence-electron chi connectivity index (χ3n) is 1.06. The van der Waals surface area contributed by atoms with E-state index in [9.17, 15) is 0 Å². The van der Waals surface area contributed by atoms with Crippen LogP contribution in [-0.2, 0) is 0 Å². The zero-order chi connectivity index (χ0) is 7.54. The van der Waals surface area contributed by atoms with Crippen molar-refractivity contribution in [3.8, 4) is 0 Å². The highest BCUT2D eigenvalue weighted by molar-refractivity contribution is 4.38. The van der Waals surface area contributed by atoms with Gasteiger partial charge in [0.05, 0.1) is 0 Å². The Hall–Kier alpha value is -0.0800. The molecule has 0 fully saturated rings.